The third-order valence-corrected chi connectivity index (χ3v) is 4.84. The second kappa shape index (κ2) is 8.21. The first-order valence-corrected chi connectivity index (χ1v) is 9.04. The number of para-hydroxylation sites is 1. The van der Waals surface area contributed by atoms with Gasteiger partial charge < -0.3 is 15.5 Å². The van der Waals surface area contributed by atoms with E-state index in [2.05, 4.69) is 10.2 Å². The van der Waals surface area contributed by atoms with Crippen LogP contribution in [0.3, 0.4) is 0 Å². The molecule has 5 heteroatoms. The average molecular weight is 341 g/mol. The number of hydrogen-bond acceptors (Lipinski definition) is 4. The van der Waals surface area contributed by atoms with E-state index in [1.165, 1.54) is 12.8 Å². The summed E-state index contributed by atoms with van der Waals surface area (Å²) < 4.78 is 5.83. The van der Waals surface area contributed by atoms with Crippen LogP contribution in [0, 0.1) is 6.92 Å². The summed E-state index contributed by atoms with van der Waals surface area (Å²) in [5.41, 5.74) is 7.71. The molecule has 134 valence electrons. The number of furan rings is 1. The van der Waals surface area contributed by atoms with Crippen molar-refractivity contribution in [3.63, 3.8) is 0 Å². The van der Waals surface area contributed by atoms with Crippen molar-refractivity contribution >= 4 is 11.6 Å². The number of carbonyl (C=O) groups excluding carboxylic acids is 1. The van der Waals surface area contributed by atoms with E-state index in [4.69, 9.17) is 10.2 Å². The highest BCUT2D eigenvalue weighted by Gasteiger charge is 2.26. The van der Waals surface area contributed by atoms with Gasteiger partial charge in [0.25, 0.3) is 0 Å². The molecule has 1 atom stereocenters. The first-order chi connectivity index (χ1) is 12.1. The van der Waals surface area contributed by atoms with Crippen LogP contribution in [0.2, 0.25) is 0 Å². The third-order valence-electron chi connectivity index (χ3n) is 4.84. The first-order valence-electron chi connectivity index (χ1n) is 9.04. The number of nitrogen functional groups attached to an aromatic ring is 1. The molecule has 1 aromatic heterocycles. The summed E-state index contributed by atoms with van der Waals surface area (Å²) in [5.74, 6) is 1.90. The second-order valence-electron chi connectivity index (χ2n) is 6.71. The van der Waals surface area contributed by atoms with Crippen molar-refractivity contribution in [2.24, 2.45) is 0 Å². The zero-order valence-electron chi connectivity index (χ0n) is 14.8. The Hall–Kier alpha value is -2.27. The summed E-state index contributed by atoms with van der Waals surface area (Å²) in [6.45, 7) is 4.64. The predicted octanol–water partition coefficient (Wildman–Crippen LogP) is 3.06. The Labute approximate surface area is 149 Å². The quantitative estimate of drug-likeness (QED) is 0.759. The van der Waals surface area contributed by atoms with Crippen LogP contribution in [0.15, 0.2) is 40.8 Å². The molecule has 0 bridgehead atoms. The zero-order valence-corrected chi connectivity index (χ0v) is 14.8. The van der Waals surface area contributed by atoms with Crippen LogP contribution in [0.25, 0.3) is 0 Å². The van der Waals surface area contributed by atoms with E-state index in [1.807, 2.05) is 43.3 Å². The number of carbonyl (C=O) groups is 1. The first kappa shape index (κ1) is 17.5. The summed E-state index contributed by atoms with van der Waals surface area (Å²) in [7, 11) is 0. The molecule has 0 radical (unpaired) electrons. The SMILES string of the molecule is Cc1ccc(C(CNC(=O)CCc2ccccc2N)N2CCCC2)o1. The minimum atomic E-state index is 0.0516. The maximum atomic E-state index is 12.3. The van der Waals surface area contributed by atoms with E-state index in [9.17, 15) is 4.79 Å². The Bertz CT molecular complexity index is 704. The van der Waals surface area contributed by atoms with E-state index >= 15 is 0 Å². The highest BCUT2D eigenvalue weighted by molar-refractivity contribution is 5.76. The van der Waals surface area contributed by atoms with Crippen LogP contribution in [0.5, 0.6) is 0 Å². The molecule has 2 heterocycles. The largest absolute Gasteiger partial charge is 0.465 e. The summed E-state index contributed by atoms with van der Waals surface area (Å²) in [4.78, 5) is 14.7. The monoisotopic (exact) mass is 341 g/mol. The van der Waals surface area contributed by atoms with Crippen LogP contribution in [-0.4, -0.2) is 30.4 Å². The number of amides is 1. The number of aryl methyl sites for hydroxylation is 2. The third kappa shape index (κ3) is 4.63. The number of likely N-dealkylation sites (tertiary alicyclic amines) is 1. The van der Waals surface area contributed by atoms with Crippen LogP contribution < -0.4 is 11.1 Å². The molecule has 0 spiro atoms. The molecular weight excluding hydrogens is 314 g/mol. The number of anilines is 1. The van der Waals surface area contributed by atoms with Crippen molar-refractivity contribution in [1.29, 1.82) is 0 Å². The number of hydrogen-bond donors (Lipinski definition) is 2. The minimum absolute atomic E-state index is 0.0516. The Morgan fingerprint density at radius 3 is 2.68 bits per heavy atom. The summed E-state index contributed by atoms with van der Waals surface area (Å²) in [6, 6.07) is 11.8. The summed E-state index contributed by atoms with van der Waals surface area (Å²) in [6.07, 6.45) is 3.51. The number of rotatable bonds is 7. The normalized spacial score (nSPS) is 16.0. The number of benzene rings is 1. The van der Waals surface area contributed by atoms with Gasteiger partial charge in [-0.05, 0) is 63.0 Å². The Morgan fingerprint density at radius 1 is 1.24 bits per heavy atom. The van der Waals surface area contributed by atoms with Gasteiger partial charge in [0.2, 0.25) is 5.91 Å². The average Bonchev–Trinajstić information content (AvgIpc) is 3.27. The molecule has 1 aromatic carbocycles. The maximum Gasteiger partial charge on any atom is 0.220 e. The molecule has 1 aliphatic rings. The van der Waals surface area contributed by atoms with Gasteiger partial charge in [-0.15, -0.1) is 0 Å². The van der Waals surface area contributed by atoms with Crippen molar-refractivity contribution in [3.8, 4) is 0 Å². The Kier molecular flexibility index (Phi) is 5.76. The van der Waals surface area contributed by atoms with Crippen molar-refractivity contribution in [2.75, 3.05) is 25.4 Å². The lowest BCUT2D eigenvalue weighted by Crippen LogP contribution is -2.36. The fourth-order valence-electron chi connectivity index (χ4n) is 3.40. The molecule has 1 amide bonds. The van der Waals surface area contributed by atoms with Crippen LogP contribution in [0.4, 0.5) is 5.69 Å². The fourth-order valence-corrected chi connectivity index (χ4v) is 3.40. The molecule has 1 fully saturated rings. The van der Waals surface area contributed by atoms with Crippen molar-refractivity contribution in [1.82, 2.24) is 10.2 Å². The van der Waals surface area contributed by atoms with Crippen LogP contribution in [-0.2, 0) is 11.2 Å². The molecule has 1 aliphatic heterocycles. The van der Waals surface area contributed by atoms with Gasteiger partial charge in [-0.25, -0.2) is 0 Å². The Morgan fingerprint density at radius 2 is 2.00 bits per heavy atom. The van der Waals surface area contributed by atoms with Crippen LogP contribution >= 0.6 is 0 Å². The van der Waals surface area contributed by atoms with Gasteiger partial charge in [-0.1, -0.05) is 18.2 Å². The molecule has 0 saturated carbocycles. The highest BCUT2D eigenvalue weighted by Crippen LogP contribution is 2.26. The second-order valence-corrected chi connectivity index (χ2v) is 6.71. The number of nitrogens with one attached hydrogen (secondary N) is 1. The smallest absolute Gasteiger partial charge is 0.220 e. The molecule has 2 aromatic rings. The van der Waals surface area contributed by atoms with Crippen molar-refractivity contribution < 1.29 is 9.21 Å². The van der Waals surface area contributed by atoms with Crippen molar-refractivity contribution in [2.45, 2.75) is 38.6 Å². The highest BCUT2D eigenvalue weighted by atomic mass is 16.3. The minimum Gasteiger partial charge on any atom is -0.465 e. The van der Waals surface area contributed by atoms with Crippen molar-refractivity contribution in [3.05, 3.63) is 53.5 Å². The lowest BCUT2D eigenvalue weighted by Gasteiger charge is -2.26. The topological polar surface area (TPSA) is 71.5 Å². The van der Waals surface area contributed by atoms with Gasteiger partial charge in [-0.3, -0.25) is 9.69 Å². The molecule has 3 rings (SSSR count). The predicted molar refractivity (Wildman–Crippen MR) is 99.2 cm³/mol. The number of nitrogens with zero attached hydrogens (tertiary/aromatic N) is 1. The summed E-state index contributed by atoms with van der Waals surface area (Å²) in [5, 5.41) is 3.08. The maximum absolute atomic E-state index is 12.3. The molecule has 25 heavy (non-hydrogen) atoms. The molecule has 0 aliphatic carbocycles. The lowest BCUT2D eigenvalue weighted by atomic mass is 10.1. The van der Waals surface area contributed by atoms with Gasteiger partial charge in [0.15, 0.2) is 0 Å². The zero-order chi connectivity index (χ0) is 17.6. The van der Waals surface area contributed by atoms with Gasteiger partial charge in [-0.2, -0.15) is 0 Å². The molecule has 1 saturated heterocycles. The molecular formula is C20H27N3O2. The summed E-state index contributed by atoms with van der Waals surface area (Å²) >= 11 is 0. The lowest BCUT2D eigenvalue weighted by molar-refractivity contribution is -0.121. The van der Waals surface area contributed by atoms with Gasteiger partial charge in [0.1, 0.15) is 11.5 Å². The molecule has 3 N–H and O–H groups in total. The van der Waals surface area contributed by atoms with E-state index in [1.54, 1.807) is 0 Å². The van der Waals surface area contributed by atoms with E-state index in [0.717, 1.165) is 35.9 Å². The molecule has 5 nitrogen and oxygen atoms in total. The van der Waals surface area contributed by atoms with E-state index in [-0.39, 0.29) is 11.9 Å². The molecule has 1 unspecified atom stereocenters. The van der Waals surface area contributed by atoms with Gasteiger partial charge in [0, 0.05) is 18.7 Å². The van der Waals surface area contributed by atoms with E-state index < -0.39 is 0 Å². The fraction of sp³-hybridized carbons (Fsp3) is 0.450. The Balaban J connectivity index is 1.55. The van der Waals surface area contributed by atoms with E-state index in [0.29, 0.717) is 19.4 Å². The van der Waals surface area contributed by atoms with Gasteiger partial charge in [0.05, 0.1) is 6.04 Å². The number of nitrogens with two attached hydrogens (primary N) is 1. The standard InChI is InChI=1S/C20H27N3O2/c1-15-8-10-19(25-15)18(23-12-4-5-13-23)14-22-20(24)11-9-16-6-2-3-7-17(16)21/h2-3,6-8,10,18H,4-5,9,11-14,21H2,1H3,(H,22,24). The van der Waals surface area contributed by atoms with Gasteiger partial charge >= 0.3 is 0 Å². The van der Waals surface area contributed by atoms with Crippen LogP contribution in [0.1, 0.15) is 42.4 Å².